The molecule has 0 bridgehead atoms. The lowest BCUT2D eigenvalue weighted by Crippen LogP contribution is -2.54. The zero-order valence-corrected chi connectivity index (χ0v) is 14.9. The molecule has 0 aliphatic carbocycles. The Bertz CT molecular complexity index is 751. The molecule has 2 fully saturated rings. The van der Waals surface area contributed by atoms with E-state index in [1.54, 1.807) is 18.5 Å². The first-order valence-electron chi connectivity index (χ1n) is 8.85. The normalized spacial score (nSPS) is 24.5. The van der Waals surface area contributed by atoms with Crippen molar-refractivity contribution in [2.75, 3.05) is 32.7 Å². The Labute approximate surface area is 151 Å². The van der Waals surface area contributed by atoms with Gasteiger partial charge in [-0.05, 0) is 19.9 Å². The van der Waals surface area contributed by atoms with Crippen LogP contribution in [0.15, 0.2) is 23.0 Å². The molecule has 2 aliphatic heterocycles. The summed E-state index contributed by atoms with van der Waals surface area (Å²) in [6.45, 7) is 7.20. The monoisotopic (exact) mass is 358 g/mol. The number of carbonyl (C=O) groups excluding carboxylic acids is 1. The van der Waals surface area contributed by atoms with Crippen LogP contribution in [0.3, 0.4) is 0 Å². The Kier molecular flexibility index (Phi) is 4.64. The van der Waals surface area contributed by atoms with Crippen LogP contribution in [0.4, 0.5) is 0 Å². The predicted molar refractivity (Wildman–Crippen MR) is 91.1 cm³/mol. The van der Waals surface area contributed by atoms with Gasteiger partial charge in [0.05, 0.1) is 24.7 Å². The van der Waals surface area contributed by atoms with E-state index in [0.29, 0.717) is 37.2 Å². The number of hydrogen-bond donors (Lipinski definition) is 0. The lowest BCUT2D eigenvalue weighted by atomic mass is 10.00. The molecule has 0 radical (unpaired) electrons. The summed E-state index contributed by atoms with van der Waals surface area (Å²) in [4.78, 5) is 29.1. The summed E-state index contributed by atoms with van der Waals surface area (Å²) < 4.78 is 11.0. The Morgan fingerprint density at radius 1 is 1.12 bits per heavy atom. The van der Waals surface area contributed by atoms with Crippen LogP contribution in [-0.2, 0) is 9.53 Å². The number of ether oxygens (including phenoxy) is 1. The number of aromatic nitrogens is 4. The molecule has 0 saturated carbocycles. The summed E-state index contributed by atoms with van der Waals surface area (Å²) in [7, 11) is 0. The van der Waals surface area contributed by atoms with Gasteiger partial charge in [-0.1, -0.05) is 5.16 Å². The molecule has 2 aromatic heterocycles. The standard InChI is InChI=1S/C17H22N6O3/c1-11-6-23(7-12(2)25-11)14(24)10-22-8-13(9-22)17-20-16(21-26-17)15-18-4-3-5-19-15/h3-5,11-13H,6-10H2,1-2H3/t11-,12-/m0/s1. The molecule has 4 heterocycles. The lowest BCUT2D eigenvalue weighted by molar-refractivity contribution is -0.145. The second kappa shape index (κ2) is 7.08. The van der Waals surface area contributed by atoms with Crippen molar-refractivity contribution in [3.8, 4) is 11.6 Å². The third-order valence-electron chi connectivity index (χ3n) is 4.65. The summed E-state index contributed by atoms with van der Waals surface area (Å²) in [6, 6.07) is 1.74. The van der Waals surface area contributed by atoms with Crippen molar-refractivity contribution in [2.24, 2.45) is 0 Å². The van der Waals surface area contributed by atoms with Crippen LogP contribution >= 0.6 is 0 Å². The van der Waals surface area contributed by atoms with E-state index in [1.165, 1.54) is 0 Å². The van der Waals surface area contributed by atoms with Gasteiger partial charge in [-0.25, -0.2) is 9.97 Å². The summed E-state index contributed by atoms with van der Waals surface area (Å²) >= 11 is 0. The Balaban J connectivity index is 1.29. The van der Waals surface area contributed by atoms with Crippen LogP contribution in [0.2, 0.25) is 0 Å². The van der Waals surface area contributed by atoms with Gasteiger partial charge in [0.2, 0.25) is 23.4 Å². The van der Waals surface area contributed by atoms with Crippen molar-refractivity contribution in [1.82, 2.24) is 29.9 Å². The highest BCUT2D eigenvalue weighted by atomic mass is 16.5. The molecular formula is C17H22N6O3. The average Bonchev–Trinajstić information content (AvgIpc) is 3.07. The fourth-order valence-corrected chi connectivity index (χ4v) is 3.43. The lowest BCUT2D eigenvalue weighted by Gasteiger charge is -2.40. The van der Waals surface area contributed by atoms with Gasteiger partial charge in [-0.2, -0.15) is 4.98 Å². The number of carbonyl (C=O) groups is 1. The second-order valence-corrected chi connectivity index (χ2v) is 6.98. The SMILES string of the molecule is C[C@H]1CN(C(=O)CN2CC(c3nc(-c4ncccn4)no3)C2)C[C@H](C)O1. The van der Waals surface area contributed by atoms with Gasteiger partial charge < -0.3 is 14.2 Å². The minimum Gasteiger partial charge on any atom is -0.372 e. The van der Waals surface area contributed by atoms with Crippen molar-refractivity contribution < 1.29 is 14.1 Å². The molecule has 0 N–H and O–H groups in total. The average molecular weight is 358 g/mol. The fraction of sp³-hybridized carbons (Fsp3) is 0.588. The Morgan fingerprint density at radius 2 is 1.81 bits per heavy atom. The first-order valence-corrected chi connectivity index (χ1v) is 8.85. The van der Waals surface area contributed by atoms with E-state index in [1.807, 2.05) is 18.7 Å². The van der Waals surface area contributed by atoms with Gasteiger partial charge in [0.15, 0.2) is 0 Å². The molecule has 0 aromatic carbocycles. The predicted octanol–water partition coefficient (Wildman–Crippen LogP) is 0.562. The van der Waals surface area contributed by atoms with Crippen LogP contribution in [0, 0.1) is 0 Å². The first kappa shape index (κ1) is 17.0. The Hall–Kier alpha value is -2.39. The molecule has 9 nitrogen and oxygen atoms in total. The maximum absolute atomic E-state index is 12.5. The summed E-state index contributed by atoms with van der Waals surface area (Å²) in [5, 5.41) is 3.95. The summed E-state index contributed by atoms with van der Waals surface area (Å²) in [6.07, 6.45) is 3.46. The molecule has 2 aromatic rings. The first-order chi connectivity index (χ1) is 12.6. The number of rotatable bonds is 4. The second-order valence-electron chi connectivity index (χ2n) is 6.98. The Morgan fingerprint density at radius 3 is 2.50 bits per heavy atom. The largest absolute Gasteiger partial charge is 0.372 e. The van der Waals surface area contributed by atoms with E-state index in [4.69, 9.17) is 9.26 Å². The van der Waals surface area contributed by atoms with E-state index in [9.17, 15) is 4.79 Å². The molecule has 26 heavy (non-hydrogen) atoms. The highest BCUT2D eigenvalue weighted by molar-refractivity contribution is 5.78. The number of morpholine rings is 1. The zero-order valence-electron chi connectivity index (χ0n) is 14.9. The van der Waals surface area contributed by atoms with E-state index in [2.05, 4.69) is 25.0 Å². The van der Waals surface area contributed by atoms with Crippen LogP contribution in [0.1, 0.15) is 25.7 Å². The quantitative estimate of drug-likeness (QED) is 0.782. The highest BCUT2D eigenvalue weighted by Gasteiger charge is 2.35. The minimum absolute atomic E-state index is 0.0869. The maximum atomic E-state index is 12.5. The van der Waals surface area contributed by atoms with Gasteiger partial charge in [0, 0.05) is 38.6 Å². The van der Waals surface area contributed by atoms with E-state index >= 15 is 0 Å². The van der Waals surface area contributed by atoms with Gasteiger partial charge >= 0.3 is 0 Å². The molecule has 2 aliphatic rings. The fourth-order valence-electron chi connectivity index (χ4n) is 3.43. The van der Waals surface area contributed by atoms with E-state index < -0.39 is 0 Å². The van der Waals surface area contributed by atoms with Gasteiger partial charge in [0.25, 0.3) is 0 Å². The van der Waals surface area contributed by atoms with Gasteiger partial charge in [-0.15, -0.1) is 0 Å². The molecule has 2 saturated heterocycles. The summed E-state index contributed by atoms with van der Waals surface area (Å²) in [5.41, 5.74) is 0. The van der Waals surface area contributed by atoms with Crippen LogP contribution in [0.25, 0.3) is 11.6 Å². The molecule has 0 spiro atoms. The number of likely N-dealkylation sites (tertiary alicyclic amines) is 1. The van der Waals surface area contributed by atoms with Crippen molar-refractivity contribution in [1.29, 1.82) is 0 Å². The van der Waals surface area contributed by atoms with Crippen molar-refractivity contribution in [3.63, 3.8) is 0 Å². The molecule has 9 heteroatoms. The molecule has 138 valence electrons. The van der Waals surface area contributed by atoms with Crippen molar-refractivity contribution >= 4 is 5.91 Å². The van der Waals surface area contributed by atoms with Crippen LogP contribution in [-0.4, -0.2) is 80.7 Å². The number of amides is 1. The van der Waals surface area contributed by atoms with Gasteiger partial charge in [-0.3, -0.25) is 9.69 Å². The summed E-state index contributed by atoms with van der Waals surface area (Å²) in [5.74, 6) is 1.71. The third-order valence-corrected chi connectivity index (χ3v) is 4.65. The third kappa shape index (κ3) is 3.58. The minimum atomic E-state index is 0.0869. The number of hydrogen-bond acceptors (Lipinski definition) is 8. The van der Waals surface area contributed by atoms with Crippen molar-refractivity contribution in [3.05, 3.63) is 24.4 Å². The molecule has 1 amide bonds. The topological polar surface area (TPSA) is 97.5 Å². The zero-order chi connectivity index (χ0) is 18.1. The molecule has 2 atom stereocenters. The van der Waals surface area contributed by atoms with Crippen LogP contribution < -0.4 is 0 Å². The molecular weight excluding hydrogens is 336 g/mol. The molecule has 4 rings (SSSR count). The van der Waals surface area contributed by atoms with E-state index in [0.717, 1.165) is 13.1 Å². The maximum Gasteiger partial charge on any atom is 0.240 e. The van der Waals surface area contributed by atoms with Crippen LogP contribution in [0.5, 0.6) is 0 Å². The van der Waals surface area contributed by atoms with Gasteiger partial charge in [0.1, 0.15) is 0 Å². The smallest absolute Gasteiger partial charge is 0.240 e. The highest BCUT2D eigenvalue weighted by Crippen LogP contribution is 2.27. The number of nitrogens with zero attached hydrogens (tertiary/aromatic N) is 6. The van der Waals surface area contributed by atoms with Crippen molar-refractivity contribution in [2.45, 2.75) is 32.0 Å². The molecule has 0 unspecified atom stereocenters. The van der Waals surface area contributed by atoms with E-state index in [-0.39, 0.29) is 24.0 Å².